The standard InChI is InChI=1S/C6H14.C4H10/c1-4-6(3)5-2;1-4(2)3/h6H,4-5H2,1-3H3;4H,1-3H3. The topological polar surface area (TPSA) is 0 Å². The first-order chi connectivity index (χ1) is 4.54. The molecule has 0 fully saturated rings. The van der Waals surface area contributed by atoms with Crippen molar-refractivity contribution in [2.24, 2.45) is 11.8 Å². The normalized spacial score (nSPS) is 9.60. The fourth-order valence-electron chi connectivity index (χ4n) is 0.289. The summed E-state index contributed by atoms with van der Waals surface area (Å²) in [5.74, 6) is 1.77. The largest absolute Gasteiger partial charge is 0.0651 e. The molecule has 0 saturated carbocycles. The van der Waals surface area contributed by atoms with Crippen LogP contribution in [0.4, 0.5) is 0 Å². The van der Waals surface area contributed by atoms with Gasteiger partial charge in [-0.2, -0.15) is 0 Å². The summed E-state index contributed by atoms with van der Waals surface area (Å²) in [7, 11) is 0. The molecule has 0 aliphatic heterocycles. The zero-order valence-electron chi connectivity index (χ0n) is 8.57. The summed E-state index contributed by atoms with van der Waals surface area (Å²) in [5, 5.41) is 0. The molecule has 0 aromatic rings. The Hall–Kier alpha value is 0. The van der Waals surface area contributed by atoms with Crippen LogP contribution < -0.4 is 0 Å². The molecular weight excluding hydrogens is 120 g/mol. The maximum Gasteiger partial charge on any atom is -0.0448 e. The Bertz CT molecular complexity index is 39.2. The van der Waals surface area contributed by atoms with Gasteiger partial charge in [0.05, 0.1) is 0 Å². The second kappa shape index (κ2) is 9.00. The molecule has 0 N–H and O–H groups in total. The predicted octanol–water partition coefficient (Wildman–Crippen LogP) is 4.10. The lowest BCUT2D eigenvalue weighted by molar-refractivity contribution is 0.544. The van der Waals surface area contributed by atoms with Crippen LogP contribution in [0.5, 0.6) is 0 Å². The Balaban J connectivity index is 0. The molecule has 0 atom stereocenters. The average molecular weight is 144 g/mol. The molecule has 0 aromatic carbocycles. The fraction of sp³-hybridized carbons (Fsp3) is 1.00. The maximum absolute atomic E-state index is 2.28. The van der Waals surface area contributed by atoms with Crippen LogP contribution in [0, 0.1) is 11.8 Å². The van der Waals surface area contributed by atoms with E-state index in [1.54, 1.807) is 0 Å². The quantitative estimate of drug-likeness (QED) is 0.547. The lowest BCUT2D eigenvalue weighted by Gasteiger charge is -1.98. The minimum absolute atomic E-state index is 0.833. The number of hydrogen-bond acceptors (Lipinski definition) is 0. The van der Waals surface area contributed by atoms with Crippen molar-refractivity contribution in [1.29, 1.82) is 0 Å². The second-order valence-electron chi connectivity index (χ2n) is 3.65. The van der Waals surface area contributed by atoms with Gasteiger partial charge >= 0.3 is 0 Å². The lowest BCUT2D eigenvalue weighted by atomic mass is 10.1. The molecule has 0 nitrogen and oxygen atoms in total. The van der Waals surface area contributed by atoms with E-state index in [-0.39, 0.29) is 0 Å². The van der Waals surface area contributed by atoms with Crippen molar-refractivity contribution < 1.29 is 0 Å². The number of hydrogen-bond donors (Lipinski definition) is 0. The minimum Gasteiger partial charge on any atom is -0.0651 e. The number of rotatable bonds is 2. The van der Waals surface area contributed by atoms with Crippen LogP contribution in [-0.2, 0) is 0 Å². The van der Waals surface area contributed by atoms with E-state index < -0.39 is 0 Å². The van der Waals surface area contributed by atoms with Crippen molar-refractivity contribution in [3.05, 3.63) is 0 Å². The van der Waals surface area contributed by atoms with Crippen LogP contribution in [0.1, 0.15) is 54.4 Å². The van der Waals surface area contributed by atoms with Crippen molar-refractivity contribution in [2.45, 2.75) is 54.4 Å². The van der Waals surface area contributed by atoms with E-state index in [1.807, 2.05) is 0 Å². The average Bonchev–Trinajstić information content (AvgIpc) is 1.85. The van der Waals surface area contributed by atoms with E-state index >= 15 is 0 Å². The van der Waals surface area contributed by atoms with Crippen molar-refractivity contribution in [2.75, 3.05) is 0 Å². The first-order valence-electron chi connectivity index (χ1n) is 4.54. The van der Waals surface area contributed by atoms with Gasteiger partial charge in [0.15, 0.2) is 0 Å². The molecule has 0 aliphatic rings. The van der Waals surface area contributed by atoms with E-state index in [0.717, 1.165) is 11.8 Å². The highest BCUT2D eigenvalue weighted by molar-refractivity contribution is 4.41. The van der Waals surface area contributed by atoms with Gasteiger partial charge in [-0.05, 0) is 11.8 Å². The first kappa shape index (κ1) is 12.7. The highest BCUT2D eigenvalue weighted by Gasteiger charge is 1.88. The zero-order chi connectivity index (χ0) is 8.57. The molecule has 0 rings (SSSR count). The van der Waals surface area contributed by atoms with E-state index in [0.29, 0.717) is 0 Å². The minimum atomic E-state index is 0.833. The molecule has 0 unspecified atom stereocenters. The molecule has 0 amide bonds. The first-order valence-corrected chi connectivity index (χ1v) is 4.54. The van der Waals surface area contributed by atoms with Crippen molar-refractivity contribution in [3.63, 3.8) is 0 Å². The summed E-state index contributed by atoms with van der Waals surface area (Å²) >= 11 is 0. The van der Waals surface area contributed by atoms with Gasteiger partial charge in [-0.3, -0.25) is 0 Å². The zero-order valence-corrected chi connectivity index (χ0v) is 8.57. The Kier molecular flexibility index (Phi) is 11.4. The molecule has 0 bridgehead atoms. The second-order valence-corrected chi connectivity index (χ2v) is 3.65. The van der Waals surface area contributed by atoms with Crippen LogP contribution >= 0.6 is 0 Å². The molecule has 64 valence electrons. The van der Waals surface area contributed by atoms with E-state index in [4.69, 9.17) is 0 Å². The summed E-state index contributed by atoms with van der Waals surface area (Å²) in [6, 6.07) is 0. The van der Waals surface area contributed by atoms with Gasteiger partial charge in [0, 0.05) is 0 Å². The van der Waals surface area contributed by atoms with Crippen LogP contribution in [0.2, 0.25) is 0 Å². The highest BCUT2D eigenvalue weighted by atomic mass is 13.9. The van der Waals surface area contributed by atoms with Gasteiger partial charge in [0.1, 0.15) is 0 Å². The van der Waals surface area contributed by atoms with Crippen LogP contribution in [-0.4, -0.2) is 0 Å². The van der Waals surface area contributed by atoms with Crippen molar-refractivity contribution in [3.8, 4) is 0 Å². The summed E-state index contributed by atoms with van der Waals surface area (Å²) < 4.78 is 0. The Labute approximate surface area is 67.0 Å². The molecule has 0 radical (unpaired) electrons. The fourth-order valence-corrected chi connectivity index (χ4v) is 0.289. The lowest BCUT2D eigenvalue weighted by Crippen LogP contribution is -1.85. The molecule has 10 heavy (non-hydrogen) atoms. The molecular formula is C10H24. The smallest absolute Gasteiger partial charge is 0.0448 e. The molecule has 0 saturated heterocycles. The summed E-state index contributed by atoms with van der Waals surface area (Å²) in [6.07, 6.45) is 2.66. The van der Waals surface area contributed by atoms with E-state index in [9.17, 15) is 0 Å². The van der Waals surface area contributed by atoms with Gasteiger partial charge in [-0.15, -0.1) is 0 Å². The maximum atomic E-state index is 2.28. The van der Waals surface area contributed by atoms with Crippen molar-refractivity contribution >= 4 is 0 Å². The molecule has 0 aromatic heterocycles. The third-order valence-electron chi connectivity index (χ3n) is 1.39. The van der Waals surface area contributed by atoms with Gasteiger partial charge in [-0.25, -0.2) is 0 Å². The monoisotopic (exact) mass is 144 g/mol. The summed E-state index contributed by atoms with van der Waals surface area (Å²) in [5.41, 5.74) is 0. The molecule has 0 spiro atoms. The SMILES string of the molecule is CC(C)C.CCC(C)CC. The summed E-state index contributed by atoms with van der Waals surface area (Å²) in [4.78, 5) is 0. The Morgan fingerprint density at radius 3 is 1.00 bits per heavy atom. The van der Waals surface area contributed by atoms with Crippen molar-refractivity contribution in [1.82, 2.24) is 0 Å². The van der Waals surface area contributed by atoms with Gasteiger partial charge in [-0.1, -0.05) is 54.4 Å². The Morgan fingerprint density at radius 2 is 1.00 bits per heavy atom. The van der Waals surface area contributed by atoms with Gasteiger partial charge < -0.3 is 0 Å². The van der Waals surface area contributed by atoms with E-state index in [1.165, 1.54) is 12.8 Å². The van der Waals surface area contributed by atoms with Crippen LogP contribution in [0.25, 0.3) is 0 Å². The van der Waals surface area contributed by atoms with E-state index in [2.05, 4.69) is 41.5 Å². The van der Waals surface area contributed by atoms with Crippen LogP contribution in [0.3, 0.4) is 0 Å². The molecule has 0 aliphatic carbocycles. The van der Waals surface area contributed by atoms with Crippen LogP contribution in [0.15, 0.2) is 0 Å². The summed E-state index contributed by atoms with van der Waals surface area (Å²) in [6.45, 7) is 13.2. The third-order valence-corrected chi connectivity index (χ3v) is 1.39. The third kappa shape index (κ3) is 24.5. The highest BCUT2D eigenvalue weighted by Crippen LogP contribution is 2.02. The molecule has 0 heteroatoms. The Morgan fingerprint density at radius 1 is 0.800 bits per heavy atom. The predicted molar refractivity (Wildman–Crippen MR) is 50.3 cm³/mol. The molecule has 0 heterocycles. The van der Waals surface area contributed by atoms with Gasteiger partial charge in [0.25, 0.3) is 0 Å². The van der Waals surface area contributed by atoms with Gasteiger partial charge in [0.2, 0.25) is 0 Å².